The molecule has 0 aromatic heterocycles. The molecule has 10 heteroatoms. The van der Waals surface area contributed by atoms with E-state index in [0.717, 1.165) is 30.1 Å². The molecule has 1 atom stereocenters. The van der Waals surface area contributed by atoms with Crippen molar-refractivity contribution in [2.75, 3.05) is 26.4 Å². The van der Waals surface area contributed by atoms with E-state index in [2.05, 4.69) is 17.3 Å². The van der Waals surface area contributed by atoms with Gasteiger partial charge in [0.2, 0.25) is 16.3 Å². The molecule has 0 N–H and O–H groups in total. The van der Waals surface area contributed by atoms with E-state index in [0.29, 0.717) is 12.3 Å². The molecule has 1 saturated heterocycles. The summed E-state index contributed by atoms with van der Waals surface area (Å²) in [4.78, 5) is 13.7. The zero-order valence-corrected chi connectivity index (χ0v) is 16.5. The average molecular weight is 397 g/mol. The van der Waals surface area contributed by atoms with Crippen LogP contribution >= 0.6 is 12.2 Å². The predicted molar refractivity (Wildman–Crippen MR) is 94.2 cm³/mol. The van der Waals surface area contributed by atoms with Crippen molar-refractivity contribution < 1.29 is 30.0 Å². The molecule has 2 heterocycles. The first kappa shape index (κ1) is 22.2. The molecular weight excluding hydrogens is 368 g/mol. The number of nitrogens with zero attached hydrogens (tertiary/aromatic N) is 2. The van der Waals surface area contributed by atoms with E-state index in [1.165, 1.54) is 44.8 Å². The van der Waals surface area contributed by atoms with Crippen LogP contribution in [-0.2, 0) is 23.6 Å². The number of hydrogen-bond acceptors (Lipinski definition) is 7. The highest BCUT2D eigenvalue weighted by Crippen LogP contribution is 2.33. The van der Waals surface area contributed by atoms with E-state index in [-0.39, 0.29) is 6.61 Å². The van der Waals surface area contributed by atoms with Gasteiger partial charge in [-0.25, -0.2) is 8.42 Å². The van der Waals surface area contributed by atoms with Gasteiger partial charge in [0.25, 0.3) is 0 Å². The van der Waals surface area contributed by atoms with Gasteiger partial charge in [0, 0.05) is 13.0 Å². The number of hydrogen-bond donors (Lipinski definition) is 0. The van der Waals surface area contributed by atoms with Gasteiger partial charge in [0.1, 0.15) is 6.20 Å². The molecule has 1 unspecified atom stereocenters. The Hall–Kier alpha value is -0.810. The van der Waals surface area contributed by atoms with Crippen LogP contribution < -0.4 is 0 Å². The van der Waals surface area contributed by atoms with Crippen molar-refractivity contribution in [3.8, 4) is 0 Å². The monoisotopic (exact) mass is 396 g/mol. The van der Waals surface area contributed by atoms with Gasteiger partial charge in [0.05, 0.1) is 13.2 Å². The highest BCUT2D eigenvalue weighted by atomic mass is 32.3. The van der Waals surface area contributed by atoms with E-state index >= 15 is 0 Å². The largest absolute Gasteiger partial charge is 0.726 e. The Morgan fingerprint density at radius 1 is 1.36 bits per heavy atom. The van der Waals surface area contributed by atoms with Gasteiger partial charge in [0.15, 0.2) is 12.9 Å². The van der Waals surface area contributed by atoms with E-state index in [4.69, 9.17) is 4.18 Å². The predicted octanol–water partition coefficient (Wildman–Crippen LogP) is 2.51. The van der Waals surface area contributed by atoms with Crippen LogP contribution in [0.3, 0.4) is 0 Å². The third-order valence-corrected chi connectivity index (χ3v) is 5.25. The summed E-state index contributed by atoms with van der Waals surface area (Å²) in [6, 6.07) is 0. The third-order valence-electron chi connectivity index (χ3n) is 3.81. The summed E-state index contributed by atoms with van der Waals surface area (Å²) in [6.07, 6.45) is 10.6. The summed E-state index contributed by atoms with van der Waals surface area (Å²) in [5.41, 5.74) is 0. The molecule has 0 saturated carbocycles. The zero-order chi connectivity index (χ0) is 18.8. The Kier molecular flexibility index (Phi) is 9.80. The van der Waals surface area contributed by atoms with Gasteiger partial charge in [-0.2, -0.15) is 3.89 Å². The maximum atomic E-state index is 11.7. The quantitative estimate of drug-likeness (QED) is 0.147. The molecule has 0 aromatic carbocycles. The lowest BCUT2D eigenvalue weighted by Crippen LogP contribution is -2.45. The molecule has 2 aliphatic heterocycles. The lowest BCUT2D eigenvalue weighted by atomic mass is 10.2. The maximum Gasteiger partial charge on any atom is 0.319 e. The second-order valence-corrected chi connectivity index (χ2v) is 8.03. The highest BCUT2D eigenvalue weighted by Gasteiger charge is 2.37. The lowest BCUT2D eigenvalue weighted by Gasteiger charge is -2.30. The summed E-state index contributed by atoms with van der Waals surface area (Å²) in [5.74, 6) is 0.293. The van der Waals surface area contributed by atoms with E-state index in [1.807, 2.05) is 4.90 Å². The highest BCUT2D eigenvalue weighted by molar-refractivity contribution is 7.89. The fraction of sp³-hybridized carbons (Fsp3) is 0.800. The van der Waals surface area contributed by atoms with E-state index in [9.17, 15) is 17.8 Å². The lowest BCUT2D eigenvalue weighted by molar-refractivity contribution is -0.751. The van der Waals surface area contributed by atoms with Gasteiger partial charge in [-0.15, -0.1) is 0 Å². The minimum Gasteiger partial charge on any atom is -0.726 e. The fourth-order valence-electron chi connectivity index (χ4n) is 2.62. The number of carbonyl (C=O) groups excluding carboxylic acids is 1. The van der Waals surface area contributed by atoms with Crippen molar-refractivity contribution in [2.24, 2.45) is 0 Å². The molecule has 2 aliphatic rings. The van der Waals surface area contributed by atoms with Crippen LogP contribution in [0.2, 0.25) is 0 Å². The van der Waals surface area contributed by atoms with Crippen LogP contribution in [0.15, 0.2) is 12.5 Å². The summed E-state index contributed by atoms with van der Waals surface area (Å²) >= 11 is 1.47. The van der Waals surface area contributed by atoms with Crippen LogP contribution in [0, 0.1) is 0 Å². The van der Waals surface area contributed by atoms with Crippen LogP contribution in [0.25, 0.3) is 0 Å². The summed E-state index contributed by atoms with van der Waals surface area (Å²) in [6.45, 7) is 6.27. The molecule has 1 amide bonds. The van der Waals surface area contributed by atoms with Crippen molar-refractivity contribution in [2.45, 2.75) is 52.4 Å². The standard InChI is InChI=1S/C13H23N2O2S.C2H6O4S/c1-2-3-4-5-9-15(10-11-17-18-15)12-14-8-6-7-13(14)16;1-2-6-7(3,4)5/h10-11H,2-9,12H2,1H3;2H2,1H3,(H,3,4,5)/q+1;/p-1. The molecule has 8 nitrogen and oxygen atoms in total. The molecule has 25 heavy (non-hydrogen) atoms. The SMILES string of the molecule is CCCCCC[N+]1(CN2CCCC2=O)C=COS1.CCOS(=O)(=O)[O-]. The van der Waals surface area contributed by atoms with Crippen LogP contribution in [0.4, 0.5) is 0 Å². The van der Waals surface area contributed by atoms with E-state index < -0.39 is 10.4 Å². The van der Waals surface area contributed by atoms with Gasteiger partial charge in [-0.05, 0) is 26.2 Å². The Bertz CT molecular complexity index is 540. The molecule has 2 rings (SSSR count). The fourth-order valence-corrected chi connectivity index (χ4v) is 3.67. The first-order valence-corrected chi connectivity index (χ1v) is 10.6. The normalized spacial score (nSPS) is 22.7. The van der Waals surface area contributed by atoms with Gasteiger partial charge in [-0.3, -0.25) is 13.9 Å². The Morgan fingerprint density at radius 2 is 2.12 bits per heavy atom. The van der Waals surface area contributed by atoms with Crippen molar-refractivity contribution in [1.82, 2.24) is 4.90 Å². The Morgan fingerprint density at radius 3 is 2.56 bits per heavy atom. The summed E-state index contributed by atoms with van der Waals surface area (Å²) in [5, 5.41) is 0. The number of quaternary nitrogens is 1. The minimum atomic E-state index is -4.42. The molecule has 0 aliphatic carbocycles. The number of unbranched alkanes of at least 4 members (excludes halogenated alkanes) is 3. The zero-order valence-electron chi connectivity index (χ0n) is 14.9. The maximum absolute atomic E-state index is 11.7. The number of likely N-dealkylation sites (tertiary alicyclic amines) is 1. The molecular formula is C15H28N2O6S2. The van der Waals surface area contributed by atoms with Crippen LogP contribution in [-0.4, -0.2) is 54.0 Å². The summed E-state index contributed by atoms with van der Waals surface area (Å²) in [7, 11) is -4.42. The number of rotatable bonds is 9. The topological polar surface area (TPSA) is 96.0 Å². The third kappa shape index (κ3) is 8.91. The molecule has 0 bridgehead atoms. The first-order chi connectivity index (χ1) is 11.8. The number of carbonyl (C=O) groups is 1. The second-order valence-electron chi connectivity index (χ2n) is 5.91. The van der Waals surface area contributed by atoms with Crippen molar-refractivity contribution >= 4 is 28.5 Å². The molecule has 0 spiro atoms. The van der Waals surface area contributed by atoms with Crippen LogP contribution in [0.5, 0.6) is 0 Å². The first-order valence-electron chi connectivity index (χ1n) is 8.59. The second kappa shape index (κ2) is 11.0. The van der Waals surface area contributed by atoms with Crippen LogP contribution in [0.1, 0.15) is 52.4 Å². The van der Waals surface area contributed by atoms with E-state index in [1.54, 1.807) is 6.26 Å². The Labute approximate surface area is 155 Å². The van der Waals surface area contributed by atoms with Gasteiger partial charge < -0.3 is 8.74 Å². The molecule has 0 aromatic rings. The van der Waals surface area contributed by atoms with Crippen molar-refractivity contribution in [3.05, 3.63) is 12.5 Å². The molecule has 146 valence electrons. The Balaban J connectivity index is 0.000000381. The van der Waals surface area contributed by atoms with Gasteiger partial charge >= 0.3 is 12.2 Å². The number of amides is 1. The van der Waals surface area contributed by atoms with Crippen molar-refractivity contribution in [1.29, 1.82) is 0 Å². The van der Waals surface area contributed by atoms with Gasteiger partial charge in [-0.1, -0.05) is 19.8 Å². The smallest absolute Gasteiger partial charge is 0.319 e. The molecule has 0 radical (unpaired) electrons. The minimum absolute atomic E-state index is 0.0914. The molecule has 1 fully saturated rings. The average Bonchev–Trinajstić information content (AvgIpc) is 3.14. The summed E-state index contributed by atoms with van der Waals surface area (Å²) < 4.78 is 38.1. The van der Waals surface area contributed by atoms with Crippen molar-refractivity contribution in [3.63, 3.8) is 0 Å².